The molecule has 174 valence electrons. The van der Waals surface area contributed by atoms with Crippen molar-refractivity contribution < 1.29 is 9.50 Å². The van der Waals surface area contributed by atoms with Crippen LogP contribution in [0.1, 0.15) is 71.1 Å². The van der Waals surface area contributed by atoms with Crippen molar-refractivity contribution in [3.8, 4) is 5.75 Å². The molecule has 2 aliphatic carbocycles. The van der Waals surface area contributed by atoms with Crippen molar-refractivity contribution in [1.29, 1.82) is 0 Å². The molecule has 2 fully saturated rings. The van der Waals surface area contributed by atoms with E-state index < -0.39 is 5.82 Å². The van der Waals surface area contributed by atoms with E-state index in [0.29, 0.717) is 35.6 Å². The molecule has 8 heteroatoms. The quantitative estimate of drug-likeness (QED) is 0.396. The molecule has 0 bridgehead atoms. The molecule has 4 rings (SSSR count). The zero-order valence-electron chi connectivity index (χ0n) is 19.1. The standard InChI is InChI=1S/C24H35FN6O/c1-16-9-12-19(13-10-16)31(2)24-29-22(26-17-7-5-3-4-6-8-17)28-23(30-24)27-18-11-14-21(32)20(25)15-18/h11,14-17,19,32H,3-10,12-13H2,1-2H3,(H2,26,27,28,29,30). The number of anilines is 4. The smallest absolute Gasteiger partial charge is 0.233 e. The van der Waals surface area contributed by atoms with E-state index in [1.54, 1.807) is 6.07 Å². The summed E-state index contributed by atoms with van der Waals surface area (Å²) in [7, 11) is 2.05. The Labute approximate surface area is 189 Å². The predicted octanol–water partition coefficient (Wildman–Crippen LogP) is 5.61. The van der Waals surface area contributed by atoms with Crippen LogP contribution in [-0.4, -0.2) is 39.2 Å². The van der Waals surface area contributed by atoms with Crippen molar-refractivity contribution >= 4 is 23.5 Å². The Balaban J connectivity index is 1.58. The minimum absolute atomic E-state index is 0.354. The lowest BCUT2D eigenvalue weighted by molar-refractivity contribution is 0.339. The summed E-state index contributed by atoms with van der Waals surface area (Å²) in [6, 6.07) is 4.92. The highest BCUT2D eigenvalue weighted by Crippen LogP contribution is 2.30. The third-order valence-electron chi connectivity index (χ3n) is 6.86. The van der Waals surface area contributed by atoms with Crippen LogP contribution in [0, 0.1) is 11.7 Å². The van der Waals surface area contributed by atoms with Crippen LogP contribution in [0.4, 0.5) is 27.9 Å². The van der Waals surface area contributed by atoms with Gasteiger partial charge in [0.15, 0.2) is 11.6 Å². The molecule has 0 aliphatic heterocycles. The zero-order chi connectivity index (χ0) is 22.5. The second-order valence-corrected chi connectivity index (χ2v) is 9.43. The van der Waals surface area contributed by atoms with Gasteiger partial charge in [0.1, 0.15) is 0 Å². The van der Waals surface area contributed by atoms with Gasteiger partial charge in [-0.3, -0.25) is 0 Å². The average Bonchev–Trinajstić information content (AvgIpc) is 3.05. The number of phenols is 1. The summed E-state index contributed by atoms with van der Waals surface area (Å²) in [5.74, 6) is 1.25. The van der Waals surface area contributed by atoms with E-state index in [0.717, 1.165) is 31.6 Å². The number of hydrogen-bond donors (Lipinski definition) is 3. The van der Waals surface area contributed by atoms with Gasteiger partial charge < -0.3 is 20.6 Å². The molecule has 0 atom stereocenters. The molecule has 0 amide bonds. The number of aromatic nitrogens is 3. The molecule has 32 heavy (non-hydrogen) atoms. The lowest BCUT2D eigenvalue weighted by atomic mass is 9.87. The van der Waals surface area contributed by atoms with Crippen molar-refractivity contribution in [3.63, 3.8) is 0 Å². The topological polar surface area (TPSA) is 86.2 Å². The minimum Gasteiger partial charge on any atom is -0.505 e. The fraction of sp³-hybridized carbons (Fsp3) is 0.625. The lowest BCUT2D eigenvalue weighted by Crippen LogP contribution is -2.36. The van der Waals surface area contributed by atoms with E-state index in [-0.39, 0.29) is 5.75 Å². The molecule has 2 aromatic rings. The monoisotopic (exact) mass is 442 g/mol. The van der Waals surface area contributed by atoms with Gasteiger partial charge in [-0.2, -0.15) is 15.0 Å². The molecule has 1 heterocycles. The van der Waals surface area contributed by atoms with E-state index >= 15 is 0 Å². The largest absolute Gasteiger partial charge is 0.505 e. The van der Waals surface area contributed by atoms with Crippen LogP contribution in [0.5, 0.6) is 5.75 Å². The van der Waals surface area contributed by atoms with Crippen LogP contribution in [0.25, 0.3) is 0 Å². The minimum atomic E-state index is -0.686. The van der Waals surface area contributed by atoms with Crippen LogP contribution in [0.15, 0.2) is 18.2 Å². The number of halogens is 1. The maximum atomic E-state index is 13.8. The van der Waals surface area contributed by atoms with Crippen LogP contribution in [0.3, 0.4) is 0 Å². The van der Waals surface area contributed by atoms with Crippen molar-refractivity contribution in [2.45, 2.75) is 83.2 Å². The van der Waals surface area contributed by atoms with E-state index in [4.69, 9.17) is 4.98 Å². The summed E-state index contributed by atoms with van der Waals surface area (Å²) in [5, 5.41) is 16.1. The van der Waals surface area contributed by atoms with Gasteiger partial charge in [-0.05, 0) is 56.6 Å². The Bertz CT molecular complexity index is 894. The molecule has 0 spiro atoms. The molecule has 3 N–H and O–H groups in total. The van der Waals surface area contributed by atoms with Crippen LogP contribution < -0.4 is 15.5 Å². The van der Waals surface area contributed by atoms with Gasteiger partial charge in [0, 0.05) is 30.9 Å². The van der Waals surface area contributed by atoms with Gasteiger partial charge in [0.05, 0.1) is 0 Å². The molecular weight excluding hydrogens is 407 g/mol. The highest BCUT2D eigenvalue weighted by molar-refractivity contribution is 5.57. The summed E-state index contributed by atoms with van der Waals surface area (Å²) < 4.78 is 13.8. The van der Waals surface area contributed by atoms with Crippen LogP contribution >= 0.6 is 0 Å². The van der Waals surface area contributed by atoms with Gasteiger partial charge in [0.2, 0.25) is 17.8 Å². The van der Waals surface area contributed by atoms with Crippen LogP contribution in [0.2, 0.25) is 0 Å². The Kier molecular flexibility index (Phi) is 7.27. The maximum Gasteiger partial charge on any atom is 0.233 e. The molecule has 0 saturated heterocycles. The Hall–Kier alpha value is -2.64. The second-order valence-electron chi connectivity index (χ2n) is 9.43. The van der Waals surface area contributed by atoms with Crippen molar-refractivity contribution in [1.82, 2.24) is 15.0 Å². The Morgan fingerprint density at radius 2 is 1.62 bits per heavy atom. The molecule has 1 aromatic heterocycles. The average molecular weight is 443 g/mol. The van der Waals surface area contributed by atoms with E-state index in [1.807, 2.05) is 0 Å². The molecule has 1 aromatic carbocycles. The summed E-state index contributed by atoms with van der Waals surface area (Å²) >= 11 is 0. The summed E-state index contributed by atoms with van der Waals surface area (Å²) in [6.45, 7) is 2.31. The number of hydrogen-bond acceptors (Lipinski definition) is 7. The Morgan fingerprint density at radius 1 is 0.938 bits per heavy atom. The summed E-state index contributed by atoms with van der Waals surface area (Å²) in [5.41, 5.74) is 0.479. The van der Waals surface area contributed by atoms with E-state index in [9.17, 15) is 9.50 Å². The highest BCUT2D eigenvalue weighted by Gasteiger charge is 2.25. The third-order valence-corrected chi connectivity index (χ3v) is 6.86. The van der Waals surface area contributed by atoms with Crippen molar-refractivity contribution in [2.75, 3.05) is 22.6 Å². The lowest BCUT2D eigenvalue weighted by Gasteiger charge is -2.33. The van der Waals surface area contributed by atoms with Gasteiger partial charge in [-0.25, -0.2) is 4.39 Å². The molecular formula is C24H35FN6O. The van der Waals surface area contributed by atoms with Crippen LogP contribution in [-0.2, 0) is 0 Å². The van der Waals surface area contributed by atoms with Gasteiger partial charge >= 0.3 is 0 Å². The molecule has 2 saturated carbocycles. The number of benzene rings is 1. The first-order valence-corrected chi connectivity index (χ1v) is 12.0. The Morgan fingerprint density at radius 3 is 2.31 bits per heavy atom. The first-order valence-electron chi connectivity index (χ1n) is 12.0. The number of rotatable bonds is 6. The highest BCUT2D eigenvalue weighted by atomic mass is 19.1. The fourth-order valence-corrected chi connectivity index (χ4v) is 4.76. The predicted molar refractivity (Wildman–Crippen MR) is 126 cm³/mol. The fourth-order valence-electron chi connectivity index (χ4n) is 4.76. The normalized spacial score (nSPS) is 22.2. The summed E-state index contributed by atoms with van der Waals surface area (Å²) in [4.78, 5) is 16.2. The van der Waals surface area contributed by atoms with E-state index in [1.165, 1.54) is 50.7 Å². The first-order chi connectivity index (χ1) is 15.5. The molecule has 7 nitrogen and oxygen atoms in total. The van der Waals surface area contributed by atoms with Gasteiger partial charge in [-0.1, -0.05) is 32.6 Å². The summed E-state index contributed by atoms with van der Waals surface area (Å²) in [6.07, 6.45) is 11.9. The van der Waals surface area contributed by atoms with Gasteiger partial charge in [-0.15, -0.1) is 0 Å². The number of phenolic OH excluding ortho intramolecular Hbond substituents is 1. The molecule has 2 aliphatic rings. The van der Waals surface area contributed by atoms with Gasteiger partial charge in [0.25, 0.3) is 0 Å². The molecule has 0 radical (unpaired) electrons. The SMILES string of the molecule is CC1CCC(N(C)c2nc(Nc3ccc(O)c(F)c3)nc(NC3CCCCCC3)n2)CC1. The zero-order valence-corrected chi connectivity index (χ0v) is 19.1. The molecule has 0 unspecified atom stereocenters. The van der Waals surface area contributed by atoms with Crippen molar-refractivity contribution in [3.05, 3.63) is 24.0 Å². The van der Waals surface area contributed by atoms with Crippen molar-refractivity contribution in [2.24, 2.45) is 5.92 Å². The maximum absolute atomic E-state index is 13.8. The second kappa shape index (κ2) is 10.3. The van der Waals surface area contributed by atoms with E-state index in [2.05, 4.69) is 39.5 Å². The number of aromatic hydroxyl groups is 1. The number of nitrogens with one attached hydrogen (secondary N) is 2. The third kappa shape index (κ3) is 5.78. The number of nitrogens with zero attached hydrogens (tertiary/aromatic N) is 4. The first kappa shape index (κ1) is 22.6.